The number of aliphatic hydroxyl groups is 2. The first kappa shape index (κ1) is 64.3. The molecule has 1 unspecified atom stereocenters. The van der Waals surface area contributed by atoms with Crippen molar-refractivity contribution in [2.45, 2.75) is 146 Å². The van der Waals surface area contributed by atoms with Crippen molar-refractivity contribution in [3.63, 3.8) is 0 Å². The van der Waals surface area contributed by atoms with Gasteiger partial charge in [-0.25, -0.2) is 9.59 Å². The second-order valence-electron chi connectivity index (χ2n) is 22.8. The van der Waals surface area contributed by atoms with Gasteiger partial charge in [-0.15, -0.1) is 0 Å². The number of hydrogen-bond acceptors (Lipinski definition) is 21. The zero-order chi connectivity index (χ0) is 63.3. The van der Waals surface area contributed by atoms with Crippen molar-refractivity contribution in [3.8, 4) is 11.5 Å². The van der Waals surface area contributed by atoms with Gasteiger partial charge in [-0.3, -0.25) is 53.5 Å². The fraction of sp³-hybridized carbons (Fsp3) is 0.500. The van der Waals surface area contributed by atoms with Crippen LogP contribution in [-0.2, 0) is 70.2 Å². The van der Waals surface area contributed by atoms with Crippen molar-refractivity contribution >= 4 is 70.4 Å². The third kappa shape index (κ3) is 13.7. The summed E-state index contributed by atoms with van der Waals surface area (Å²) < 4.78 is 35.8. The second kappa shape index (κ2) is 27.4. The SMILES string of the molecule is CO[C@H]1OCCN2[C@@H]1O[C@@H]1[C@H](C)OC(O[C@H]3C[C@](O)(C(=O)CO)Cc4c(O)c5c(c(O)c43)C(=O)c3c(NC(=O)OCc4ccc(NC(=O)[C@H](CCCNC(N)=O)NC(=O)[C@@H](NC(=O)CCCCCN6C(=O)C=CC6=O)C(C)C)cc4)cccc3C5=O)C[C@@H]12. The van der Waals surface area contributed by atoms with E-state index < -0.39 is 150 Å². The van der Waals surface area contributed by atoms with E-state index in [-0.39, 0.29) is 96.9 Å². The monoisotopic (exact) mass is 1220 g/mol. The maximum Gasteiger partial charge on any atom is 0.411 e. The lowest BCUT2D eigenvalue weighted by atomic mass is 9.71. The van der Waals surface area contributed by atoms with E-state index in [1.165, 1.54) is 61.7 Å². The molecule has 88 heavy (non-hydrogen) atoms. The number of methoxy groups -OCH3 is 1. The Hall–Kier alpha value is -8.22. The van der Waals surface area contributed by atoms with Gasteiger partial charge in [0.1, 0.15) is 48.5 Å². The molecule has 6 aliphatic rings. The van der Waals surface area contributed by atoms with E-state index in [0.717, 1.165) is 4.90 Å². The predicted octanol–water partition coefficient (Wildman–Crippen LogP) is 1.95. The minimum Gasteiger partial charge on any atom is -0.507 e. The first-order valence-corrected chi connectivity index (χ1v) is 29.1. The number of hydrogen-bond donors (Lipinski definition) is 10. The molecule has 3 aromatic carbocycles. The summed E-state index contributed by atoms with van der Waals surface area (Å²) >= 11 is 0. The van der Waals surface area contributed by atoms with E-state index in [1.807, 2.05) is 0 Å². The Balaban J connectivity index is 0.841. The molecular weight excluding hydrogens is 1150 g/mol. The highest BCUT2D eigenvalue weighted by atomic mass is 16.7. The highest BCUT2D eigenvalue weighted by molar-refractivity contribution is 6.32. The number of fused-ring (bicyclic) bond motifs is 6. The normalized spacial score (nSPS) is 24.3. The summed E-state index contributed by atoms with van der Waals surface area (Å²) in [4.78, 5) is 135. The molecule has 28 nitrogen and oxygen atoms in total. The van der Waals surface area contributed by atoms with Gasteiger partial charge >= 0.3 is 12.1 Å². The zero-order valence-electron chi connectivity index (χ0n) is 48.9. The van der Waals surface area contributed by atoms with Crippen molar-refractivity contribution in [2.24, 2.45) is 11.7 Å². The molecule has 0 spiro atoms. The topological polar surface area (TPSA) is 400 Å². The van der Waals surface area contributed by atoms with Crippen molar-refractivity contribution in [2.75, 3.05) is 50.6 Å². The van der Waals surface area contributed by atoms with Crippen LogP contribution >= 0.6 is 0 Å². The third-order valence-electron chi connectivity index (χ3n) is 16.5. The van der Waals surface area contributed by atoms with Crippen LogP contribution in [0, 0.1) is 5.92 Å². The second-order valence-corrected chi connectivity index (χ2v) is 22.8. The van der Waals surface area contributed by atoms with Crippen molar-refractivity contribution in [3.05, 3.63) is 93.6 Å². The minimum absolute atomic E-state index is 0.0497. The first-order chi connectivity index (χ1) is 42.0. The molecule has 11 N–H and O–H groups in total. The van der Waals surface area contributed by atoms with Gasteiger partial charge in [0.15, 0.2) is 36.2 Å². The molecule has 10 atom stereocenters. The Bertz CT molecular complexity index is 3260. The van der Waals surface area contributed by atoms with E-state index in [1.54, 1.807) is 20.8 Å². The molecule has 0 saturated carbocycles. The molecule has 0 aromatic heterocycles. The number of aromatic hydroxyl groups is 2. The number of ether oxygens (including phenoxy) is 6. The van der Waals surface area contributed by atoms with Gasteiger partial charge in [0.05, 0.1) is 41.2 Å². The Labute approximate surface area is 504 Å². The van der Waals surface area contributed by atoms with Gasteiger partial charge < -0.3 is 75.8 Å². The van der Waals surface area contributed by atoms with E-state index in [4.69, 9.17) is 34.2 Å². The van der Waals surface area contributed by atoms with Crippen LogP contribution in [-0.4, -0.2) is 184 Å². The number of aliphatic hydroxyl groups excluding tert-OH is 1. The van der Waals surface area contributed by atoms with Crippen LogP contribution in [0.15, 0.2) is 54.6 Å². The summed E-state index contributed by atoms with van der Waals surface area (Å²) in [6.45, 7) is 4.94. The molecule has 3 saturated heterocycles. The number of rotatable bonds is 24. The van der Waals surface area contributed by atoms with Crippen LogP contribution in [0.25, 0.3) is 0 Å². The van der Waals surface area contributed by atoms with Gasteiger partial charge in [0, 0.05) is 93.0 Å². The lowest BCUT2D eigenvalue weighted by Gasteiger charge is -2.43. The fourth-order valence-corrected chi connectivity index (χ4v) is 12.1. The quantitative estimate of drug-likeness (QED) is 0.0272. The Kier molecular flexibility index (Phi) is 20.0. The smallest absolute Gasteiger partial charge is 0.411 e. The summed E-state index contributed by atoms with van der Waals surface area (Å²) in [6.07, 6.45) is -2.71. The number of amides is 8. The maximum atomic E-state index is 14.7. The van der Waals surface area contributed by atoms with Gasteiger partial charge in [-0.05, 0) is 62.3 Å². The molecular formula is C60H72N8O20. The Morgan fingerprint density at radius 1 is 0.864 bits per heavy atom. The number of carbonyl (C=O) groups excluding carboxylic acids is 10. The minimum atomic E-state index is -2.37. The Morgan fingerprint density at radius 2 is 1.59 bits per heavy atom. The number of nitrogens with one attached hydrogen (secondary N) is 5. The van der Waals surface area contributed by atoms with Gasteiger partial charge in [0.2, 0.25) is 17.7 Å². The average molecular weight is 1230 g/mol. The van der Waals surface area contributed by atoms with Crippen molar-refractivity contribution < 1.29 is 96.8 Å². The molecule has 28 heteroatoms. The molecule has 4 heterocycles. The number of nitrogens with two attached hydrogens (primary N) is 1. The van der Waals surface area contributed by atoms with Gasteiger partial charge in [0.25, 0.3) is 11.8 Å². The van der Waals surface area contributed by atoms with Crippen LogP contribution in [0.3, 0.4) is 0 Å². The number of morpholine rings is 1. The Morgan fingerprint density at radius 3 is 2.28 bits per heavy atom. The number of phenolic OH excluding ortho intramolecular Hbond substituents is 2. The van der Waals surface area contributed by atoms with Crippen LogP contribution in [0.2, 0.25) is 0 Å². The largest absolute Gasteiger partial charge is 0.507 e. The summed E-state index contributed by atoms with van der Waals surface area (Å²) in [6, 6.07) is 6.80. The molecule has 0 bridgehead atoms. The van der Waals surface area contributed by atoms with Crippen LogP contribution in [0.4, 0.5) is 21.0 Å². The zero-order valence-corrected chi connectivity index (χ0v) is 48.9. The molecule has 472 valence electrons. The van der Waals surface area contributed by atoms with E-state index in [2.05, 4.69) is 31.5 Å². The maximum absolute atomic E-state index is 14.7. The number of ketones is 3. The number of carbonyl (C=O) groups is 10. The lowest BCUT2D eigenvalue weighted by Crippen LogP contribution is -2.55. The molecule has 8 amide bonds. The van der Waals surface area contributed by atoms with Crippen LogP contribution < -0.4 is 32.3 Å². The number of phenols is 2. The number of Topliss-reactive ketones (excluding diaryl/α,β-unsaturated/α-hetero) is 1. The summed E-state index contributed by atoms with van der Waals surface area (Å²) in [5, 5.41) is 59.1. The highest BCUT2D eigenvalue weighted by Gasteiger charge is 2.55. The number of primary amides is 1. The number of unbranched alkanes of at least 4 members (excludes halogenated alkanes) is 2. The molecule has 2 aliphatic carbocycles. The van der Waals surface area contributed by atoms with Gasteiger partial charge in [-0.2, -0.15) is 0 Å². The number of anilines is 2. The fourth-order valence-electron chi connectivity index (χ4n) is 12.1. The van der Waals surface area contributed by atoms with Crippen LogP contribution in [0.1, 0.15) is 127 Å². The third-order valence-corrected chi connectivity index (χ3v) is 16.5. The van der Waals surface area contributed by atoms with Gasteiger partial charge in [-0.1, -0.05) is 44.5 Å². The van der Waals surface area contributed by atoms with E-state index in [0.29, 0.717) is 38.0 Å². The molecule has 9 rings (SSSR count). The van der Waals surface area contributed by atoms with Crippen molar-refractivity contribution in [1.29, 1.82) is 0 Å². The molecule has 0 radical (unpaired) electrons. The van der Waals surface area contributed by atoms with E-state index >= 15 is 0 Å². The first-order valence-electron chi connectivity index (χ1n) is 29.1. The molecule has 3 fully saturated rings. The summed E-state index contributed by atoms with van der Waals surface area (Å²) in [5.41, 5.74) is 0.999. The van der Waals surface area contributed by atoms with Crippen LogP contribution in [0.5, 0.6) is 11.5 Å². The average Bonchev–Trinajstić information content (AvgIpc) is 1.52. The molecule has 4 aliphatic heterocycles. The standard InChI is InChI=1S/C60H72N8O20/c1-29(2)48(66-40(71)13-6-5-7-21-68-41(72)18-19-42(68)73)55(79)64-36(12-9-20-62-58(61)80)54(78)63-32-16-14-31(15-17-32)28-85-59(81)65-35-11-8-10-33-44(35)51(76)47-46(49(33)74)50(75)34-25-60(82,39(70)27-69)26-38(45(34)52(47)77)87-43-24-37-53(30(3)86-43)88-56-57(83-4)84-23-22-67(37)56/h8,10-11,14-19,29-30,36-38,43,48,53,56-57,69,75,77,82H,5-7,9,12-13,20-28H2,1-4H3,(H,63,78)(H,64,79)(H,65,81)(H,66,71)(H3,61,62,80)/t30-,36-,37-,38-,43?,48-,53+,56+,57-,60-/m0/s1. The molecule has 3 aromatic rings. The number of imide groups is 1. The lowest BCUT2D eigenvalue weighted by molar-refractivity contribution is -0.256. The number of benzene rings is 3. The van der Waals surface area contributed by atoms with E-state index in [9.17, 15) is 68.4 Å². The number of urea groups is 1. The highest BCUT2D eigenvalue weighted by Crippen LogP contribution is 2.53. The predicted molar refractivity (Wildman–Crippen MR) is 306 cm³/mol. The van der Waals surface area contributed by atoms with Crippen molar-refractivity contribution in [1.82, 2.24) is 25.8 Å². The summed E-state index contributed by atoms with van der Waals surface area (Å²) in [5.74, 6) is -7.42. The number of nitrogens with zero attached hydrogens (tertiary/aromatic N) is 2. The summed E-state index contributed by atoms with van der Waals surface area (Å²) in [7, 11) is 1.50.